The van der Waals surface area contributed by atoms with Gasteiger partial charge in [-0.1, -0.05) is 67.7 Å². The van der Waals surface area contributed by atoms with E-state index in [9.17, 15) is 0 Å². The zero-order valence-corrected chi connectivity index (χ0v) is 14.1. The third kappa shape index (κ3) is 9.00. The van der Waals surface area contributed by atoms with E-state index in [1.807, 2.05) is 0 Å². The first-order valence-electron chi connectivity index (χ1n) is 8.36. The fourth-order valence-corrected chi connectivity index (χ4v) is 3.14. The summed E-state index contributed by atoms with van der Waals surface area (Å²) >= 11 is 0. The van der Waals surface area contributed by atoms with Gasteiger partial charge in [0.15, 0.2) is 0 Å². The van der Waals surface area contributed by atoms with Gasteiger partial charge in [-0.05, 0) is 48.9 Å². The molecule has 0 rings (SSSR count). The second-order valence-corrected chi connectivity index (χ2v) is 7.39. The van der Waals surface area contributed by atoms with Gasteiger partial charge in [-0.25, -0.2) is 0 Å². The Labute approximate surface area is 117 Å². The maximum absolute atomic E-state index is 2.46. The van der Waals surface area contributed by atoms with Gasteiger partial charge in [0, 0.05) is 0 Å². The monoisotopic (exact) mass is 254 g/mol. The van der Waals surface area contributed by atoms with E-state index in [1.165, 1.54) is 38.5 Å². The average molecular weight is 255 g/mol. The molecular weight excluding hydrogens is 216 g/mol. The maximum Gasteiger partial charge on any atom is -0.0417 e. The van der Waals surface area contributed by atoms with Gasteiger partial charge < -0.3 is 0 Å². The van der Waals surface area contributed by atoms with Gasteiger partial charge in [0.25, 0.3) is 0 Å². The Kier molecular flexibility index (Phi) is 9.87. The van der Waals surface area contributed by atoms with Gasteiger partial charge in [0.05, 0.1) is 0 Å². The van der Waals surface area contributed by atoms with Gasteiger partial charge in [-0.3, -0.25) is 0 Å². The van der Waals surface area contributed by atoms with E-state index in [4.69, 9.17) is 0 Å². The molecule has 0 spiro atoms. The molecule has 110 valence electrons. The minimum Gasteiger partial charge on any atom is -0.0654 e. The summed E-state index contributed by atoms with van der Waals surface area (Å²) in [6, 6.07) is 0. The van der Waals surface area contributed by atoms with E-state index in [-0.39, 0.29) is 0 Å². The van der Waals surface area contributed by atoms with E-state index < -0.39 is 0 Å². The molecule has 0 aliphatic heterocycles. The highest BCUT2D eigenvalue weighted by molar-refractivity contribution is 4.67. The molecule has 0 aliphatic carbocycles. The van der Waals surface area contributed by atoms with E-state index >= 15 is 0 Å². The number of hydrogen-bond donors (Lipinski definition) is 0. The number of unbranched alkanes of at least 4 members (excludes halogenated alkanes) is 1. The summed E-state index contributed by atoms with van der Waals surface area (Å²) < 4.78 is 0. The Morgan fingerprint density at radius 2 is 1.17 bits per heavy atom. The van der Waals surface area contributed by atoms with E-state index in [1.54, 1.807) is 0 Å². The van der Waals surface area contributed by atoms with Crippen molar-refractivity contribution in [2.45, 2.75) is 87.0 Å². The Hall–Kier alpha value is 0. The molecule has 0 N–H and O–H groups in total. The molecule has 0 saturated heterocycles. The molecule has 0 amide bonds. The first kappa shape index (κ1) is 18.0. The van der Waals surface area contributed by atoms with Crippen LogP contribution in [-0.2, 0) is 0 Å². The van der Waals surface area contributed by atoms with E-state index in [0.29, 0.717) is 0 Å². The van der Waals surface area contributed by atoms with Crippen molar-refractivity contribution in [2.75, 3.05) is 0 Å². The summed E-state index contributed by atoms with van der Waals surface area (Å²) in [6.45, 7) is 16.8. The summed E-state index contributed by atoms with van der Waals surface area (Å²) in [5, 5.41) is 0. The highest BCUT2D eigenvalue weighted by Gasteiger charge is 2.16. The molecule has 0 nitrogen and oxygen atoms in total. The smallest absolute Gasteiger partial charge is 0.0417 e. The average Bonchev–Trinajstić information content (AvgIpc) is 2.25. The molecule has 0 aliphatic rings. The van der Waals surface area contributed by atoms with Crippen molar-refractivity contribution in [1.82, 2.24) is 0 Å². The zero-order chi connectivity index (χ0) is 14.1. The minimum atomic E-state index is 0.839. The third-order valence-electron chi connectivity index (χ3n) is 4.57. The molecule has 0 radical (unpaired) electrons. The summed E-state index contributed by atoms with van der Waals surface area (Å²) in [4.78, 5) is 0. The predicted molar refractivity (Wildman–Crippen MR) is 84.9 cm³/mol. The lowest BCUT2D eigenvalue weighted by Gasteiger charge is -2.24. The fraction of sp³-hybridized carbons (Fsp3) is 1.00. The van der Waals surface area contributed by atoms with Crippen molar-refractivity contribution >= 4 is 0 Å². The second-order valence-electron chi connectivity index (χ2n) is 7.39. The van der Waals surface area contributed by atoms with Crippen molar-refractivity contribution < 1.29 is 0 Å². The number of rotatable bonds is 10. The molecule has 0 aromatic rings. The van der Waals surface area contributed by atoms with Gasteiger partial charge in [0.1, 0.15) is 0 Å². The lowest BCUT2D eigenvalue weighted by molar-refractivity contribution is 0.273. The van der Waals surface area contributed by atoms with Crippen molar-refractivity contribution in [3.05, 3.63) is 0 Å². The Bertz CT molecular complexity index is 182. The normalized spacial score (nSPS) is 18.7. The summed E-state index contributed by atoms with van der Waals surface area (Å²) in [5.41, 5.74) is 0. The Balaban J connectivity index is 3.82. The van der Waals surface area contributed by atoms with E-state index in [0.717, 1.165) is 29.6 Å². The first-order chi connectivity index (χ1) is 8.36. The molecule has 4 atom stereocenters. The van der Waals surface area contributed by atoms with Crippen molar-refractivity contribution in [3.8, 4) is 0 Å². The van der Waals surface area contributed by atoms with Gasteiger partial charge >= 0.3 is 0 Å². The van der Waals surface area contributed by atoms with Crippen molar-refractivity contribution in [2.24, 2.45) is 29.6 Å². The largest absolute Gasteiger partial charge is 0.0654 e. The zero-order valence-electron chi connectivity index (χ0n) is 14.1. The molecule has 18 heavy (non-hydrogen) atoms. The standard InChI is InChI=1S/C18H38/c1-8-9-10-15(4)11-16(5)12-17(6)13-18(7)14(2)3/h14-18H,8-13H2,1-7H3. The van der Waals surface area contributed by atoms with Crippen LogP contribution in [0.2, 0.25) is 0 Å². The van der Waals surface area contributed by atoms with Gasteiger partial charge in [0.2, 0.25) is 0 Å². The van der Waals surface area contributed by atoms with Crippen molar-refractivity contribution in [1.29, 1.82) is 0 Å². The van der Waals surface area contributed by atoms with Crippen LogP contribution >= 0.6 is 0 Å². The van der Waals surface area contributed by atoms with Crippen LogP contribution in [0.15, 0.2) is 0 Å². The summed E-state index contributed by atoms with van der Waals surface area (Å²) in [5.74, 6) is 4.45. The van der Waals surface area contributed by atoms with Crippen molar-refractivity contribution in [3.63, 3.8) is 0 Å². The fourth-order valence-electron chi connectivity index (χ4n) is 3.14. The molecule has 4 unspecified atom stereocenters. The van der Waals surface area contributed by atoms with Crippen LogP contribution in [0.3, 0.4) is 0 Å². The molecule has 0 bridgehead atoms. The summed E-state index contributed by atoms with van der Waals surface area (Å²) in [7, 11) is 0. The van der Waals surface area contributed by atoms with E-state index in [2.05, 4.69) is 48.5 Å². The van der Waals surface area contributed by atoms with Crippen LogP contribution in [0.25, 0.3) is 0 Å². The highest BCUT2D eigenvalue weighted by atomic mass is 14.2. The van der Waals surface area contributed by atoms with Crippen LogP contribution in [0.5, 0.6) is 0 Å². The molecule has 0 aromatic heterocycles. The second kappa shape index (κ2) is 9.87. The lowest BCUT2D eigenvalue weighted by atomic mass is 9.82. The Morgan fingerprint density at radius 1 is 0.667 bits per heavy atom. The highest BCUT2D eigenvalue weighted by Crippen LogP contribution is 2.27. The SMILES string of the molecule is CCCCC(C)CC(C)CC(C)CC(C)C(C)C. The molecule has 0 fully saturated rings. The summed E-state index contributed by atoms with van der Waals surface area (Å²) in [6.07, 6.45) is 8.45. The molecule has 0 saturated carbocycles. The van der Waals surface area contributed by atoms with Crippen LogP contribution < -0.4 is 0 Å². The molecule has 0 heterocycles. The molecule has 0 heteroatoms. The van der Waals surface area contributed by atoms with Gasteiger partial charge in [-0.15, -0.1) is 0 Å². The Morgan fingerprint density at radius 3 is 1.67 bits per heavy atom. The van der Waals surface area contributed by atoms with Crippen LogP contribution in [0, 0.1) is 29.6 Å². The molecular formula is C18H38. The predicted octanol–water partition coefficient (Wildman–Crippen LogP) is 6.55. The quantitative estimate of drug-likeness (QED) is 0.415. The topological polar surface area (TPSA) is 0 Å². The van der Waals surface area contributed by atoms with Gasteiger partial charge in [-0.2, -0.15) is 0 Å². The molecule has 0 aromatic carbocycles. The lowest BCUT2D eigenvalue weighted by Crippen LogP contribution is -2.13. The minimum absolute atomic E-state index is 0.839. The van der Waals surface area contributed by atoms with Crippen LogP contribution in [-0.4, -0.2) is 0 Å². The third-order valence-corrected chi connectivity index (χ3v) is 4.57. The number of hydrogen-bond acceptors (Lipinski definition) is 0. The maximum atomic E-state index is 2.46. The first-order valence-corrected chi connectivity index (χ1v) is 8.36. The van der Waals surface area contributed by atoms with Crippen LogP contribution in [0.4, 0.5) is 0 Å². The van der Waals surface area contributed by atoms with Crippen LogP contribution in [0.1, 0.15) is 87.0 Å².